The molecule has 0 atom stereocenters. The third-order valence-corrected chi connectivity index (χ3v) is 3.52. The van der Waals surface area contributed by atoms with Crippen molar-refractivity contribution in [1.82, 2.24) is 0 Å². The molecule has 0 saturated carbocycles. The Morgan fingerprint density at radius 2 is 1.76 bits per heavy atom. The Hall–Kier alpha value is -2.07. The molecule has 0 bridgehead atoms. The summed E-state index contributed by atoms with van der Waals surface area (Å²) >= 11 is 4.94. The van der Waals surface area contributed by atoms with Crippen molar-refractivity contribution in [2.45, 2.75) is 13.8 Å². The lowest BCUT2D eigenvalue weighted by Crippen LogP contribution is -2.11. The number of nitrogens with two attached hydrogens (primary N) is 1. The van der Waals surface area contributed by atoms with E-state index in [1.165, 1.54) is 5.56 Å². The molecule has 2 aromatic rings. The third-order valence-electron chi connectivity index (χ3n) is 3.28. The Bertz CT molecular complexity index is 640. The highest BCUT2D eigenvalue weighted by molar-refractivity contribution is 7.80. The second-order valence-electron chi connectivity index (χ2n) is 4.79. The van der Waals surface area contributed by atoms with Crippen LogP contribution < -0.4 is 15.2 Å². The summed E-state index contributed by atoms with van der Waals surface area (Å²) < 4.78 is 11.4. The van der Waals surface area contributed by atoms with Crippen LogP contribution in [0.1, 0.15) is 16.7 Å². The van der Waals surface area contributed by atoms with Crippen LogP contribution in [0.25, 0.3) is 0 Å². The first-order valence-electron chi connectivity index (χ1n) is 6.79. The molecule has 4 heteroatoms. The average Bonchev–Trinajstić information content (AvgIpc) is 2.48. The average molecular weight is 301 g/mol. The van der Waals surface area contributed by atoms with Gasteiger partial charge in [0.2, 0.25) is 0 Å². The molecule has 0 radical (unpaired) electrons. The lowest BCUT2D eigenvalue weighted by Gasteiger charge is -2.12. The van der Waals surface area contributed by atoms with E-state index < -0.39 is 0 Å². The van der Waals surface area contributed by atoms with Crippen molar-refractivity contribution in [2.24, 2.45) is 5.73 Å². The van der Waals surface area contributed by atoms with Gasteiger partial charge in [-0.3, -0.25) is 0 Å². The Morgan fingerprint density at radius 3 is 2.52 bits per heavy atom. The van der Waals surface area contributed by atoms with Gasteiger partial charge in [-0.25, -0.2) is 0 Å². The summed E-state index contributed by atoms with van der Waals surface area (Å²) in [6, 6.07) is 13.5. The fraction of sp³-hybridized carbons (Fsp3) is 0.235. The van der Waals surface area contributed by atoms with E-state index in [0.29, 0.717) is 18.2 Å². The van der Waals surface area contributed by atoms with Gasteiger partial charge in [0.25, 0.3) is 0 Å². The third kappa shape index (κ3) is 4.20. The van der Waals surface area contributed by atoms with Crippen molar-refractivity contribution in [3.8, 4) is 11.5 Å². The molecule has 110 valence electrons. The Morgan fingerprint density at radius 1 is 1.05 bits per heavy atom. The highest BCUT2D eigenvalue weighted by atomic mass is 32.1. The van der Waals surface area contributed by atoms with Crippen molar-refractivity contribution in [3.05, 3.63) is 59.2 Å². The Kier molecular flexibility index (Phi) is 5.17. The molecule has 0 aliphatic heterocycles. The topological polar surface area (TPSA) is 44.5 Å². The maximum atomic E-state index is 5.74. The lowest BCUT2D eigenvalue weighted by atomic mass is 10.1. The maximum Gasteiger partial charge on any atom is 0.122 e. The maximum absolute atomic E-state index is 5.74. The minimum absolute atomic E-state index is 0.368. The molecular formula is C17H19NO2S. The van der Waals surface area contributed by atoms with E-state index in [0.717, 1.165) is 22.6 Å². The van der Waals surface area contributed by atoms with Gasteiger partial charge >= 0.3 is 0 Å². The molecule has 0 saturated heterocycles. The van der Waals surface area contributed by atoms with E-state index in [4.69, 9.17) is 27.4 Å². The predicted molar refractivity (Wildman–Crippen MR) is 89.2 cm³/mol. The van der Waals surface area contributed by atoms with E-state index in [1.807, 2.05) is 36.4 Å². The number of thiocarbonyl (C=S) groups is 1. The Labute approximate surface area is 130 Å². The predicted octanol–water partition coefficient (Wildman–Crippen LogP) is 3.40. The normalized spacial score (nSPS) is 10.2. The van der Waals surface area contributed by atoms with Crippen LogP contribution >= 0.6 is 12.2 Å². The van der Waals surface area contributed by atoms with Gasteiger partial charge in [-0.2, -0.15) is 0 Å². The van der Waals surface area contributed by atoms with Crippen LogP contribution in [0.2, 0.25) is 0 Å². The van der Waals surface area contributed by atoms with Gasteiger partial charge in [-0.05, 0) is 43.2 Å². The lowest BCUT2D eigenvalue weighted by molar-refractivity contribution is 0.216. The first-order chi connectivity index (χ1) is 10.1. The van der Waals surface area contributed by atoms with E-state index in [-0.39, 0.29) is 0 Å². The second kappa shape index (κ2) is 7.09. The minimum Gasteiger partial charge on any atom is -0.490 e. The number of rotatable bonds is 6. The number of hydrogen-bond donors (Lipinski definition) is 1. The molecule has 2 N–H and O–H groups in total. The molecule has 0 aromatic heterocycles. The highest BCUT2D eigenvalue weighted by Crippen LogP contribution is 2.20. The smallest absolute Gasteiger partial charge is 0.122 e. The monoisotopic (exact) mass is 301 g/mol. The number of aryl methyl sites for hydroxylation is 1. The molecule has 3 nitrogen and oxygen atoms in total. The summed E-state index contributed by atoms with van der Waals surface area (Å²) in [5.41, 5.74) is 8.78. The van der Waals surface area contributed by atoms with E-state index in [2.05, 4.69) is 19.9 Å². The first-order valence-corrected chi connectivity index (χ1v) is 7.20. The summed E-state index contributed by atoms with van der Waals surface area (Å²) in [6.45, 7) is 5.08. The fourth-order valence-corrected chi connectivity index (χ4v) is 2.06. The molecule has 21 heavy (non-hydrogen) atoms. The zero-order chi connectivity index (χ0) is 15.2. The molecule has 0 fully saturated rings. The highest BCUT2D eigenvalue weighted by Gasteiger charge is 2.02. The molecule has 2 rings (SSSR count). The van der Waals surface area contributed by atoms with Crippen molar-refractivity contribution < 1.29 is 9.47 Å². The van der Waals surface area contributed by atoms with Crippen LogP contribution in [0.5, 0.6) is 11.5 Å². The molecule has 0 aliphatic rings. The SMILES string of the molecule is Cc1cccc(OCCOc2cccc(C(N)=S)c2)c1C. The number of benzene rings is 2. The van der Waals surface area contributed by atoms with Gasteiger partial charge in [0.05, 0.1) is 0 Å². The Balaban J connectivity index is 1.86. The van der Waals surface area contributed by atoms with Crippen molar-refractivity contribution in [2.75, 3.05) is 13.2 Å². The van der Waals surface area contributed by atoms with Crippen LogP contribution in [-0.2, 0) is 0 Å². The second-order valence-corrected chi connectivity index (χ2v) is 5.23. The van der Waals surface area contributed by atoms with E-state index in [9.17, 15) is 0 Å². The molecule has 0 unspecified atom stereocenters. The molecule has 0 amide bonds. The van der Waals surface area contributed by atoms with Gasteiger partial charge < -0.3 is 15.2 Å². The largest absolute Gasteiger partial charge is 0.490 e. The molecule has 2 aromatic carbocycles. The summed E-state index contributed by atoms with van der Waals surface area (Å²) in [7, 11) is 0. The van der Waals surface area contributed by atoms with Crippen molar-refractivity contribution >= 4 is 17.2 Å². The minimum atomic E-state index is 0.368. The first kappa shape index (κ1) is 15.3. The van der Waals surface area contributed by atoms with Crippen molar-refractivity contribution in [3.63, 3.8) is 0 Å². The van der Waals surface area contributed by atoms with Gasteiger partial charge in [0, 0.05) is 5.56 Å². The van der Waals surface area contributed by atoms with Crippen LogP contribution in [0.4, 0.5) is 0 Å². The molecule has 0 heterocycles. The summed E-state index contributed by atoms with van der Waals surface area (Å²) in [5, 5.41) is 0. The summed E-state index contributed by atoms with van der Waals surface area (Å²) in [4.78, 5) is 0.368. The molecule has 0 aliphatic carbocycles. The zero-order valence-electron chi connectivity index (χ0n) is 12.3. The molecular weight excluding hydrogens is 282 g/mol. The van der Waals surface area contributed by atoms with Crippen LogP contribution in [0, 0.1) is 13.8 Å². The fourth-order valence-electron chi connectivity index (χ4n) is 1.93. The van der Waals surface area contributed by atoms with Crippen LogP contribution in [0.15, 0.2) is 42.5 Å². The number of hydrogen-bond acceptors (Lipinski definition) is 3. The van der Waals surface area contributed by atoms with E-state index >= 15 is 0 Å². The quantitative estimate of drug-likeness (QED) is 0.656. The van der Waals surface area contributed by atoms with Crippen molar-refractivity contribution in [1.29, 1.82) is 0 Å². The van der Waals surface area contributed by atoms with Crippen LogP contribution in [0.3, 0.4) is 0 Å². The summed E-state index contributed by atoms with van der Waals surface area (Å²) in [5.74, 6) is 1.64. The van der Waals surface area contributed by atoms with Crippen LogP contribution in [-0.4, -0.2) is 18.2 Å². The van der Waals surface area contributed by atoms with Gasteiger partial charge in [-0.1, -0.05) is 36.5 Å². The van der Waals surface area contributed by atoms with E-state index in [1.54, 1.807) is 0 Å². The molecule has 0 spiro atoms. The summed E-state index contributed by atoms with van der Waals surface area (Å²) in [6.07, 6.45) is 0. The van der Waals surface area contributed by atoms with Gasteiger partial charge in [-0.15, -0.1) is 0 Å². The standard InChI is InChI=1S/C17H19NO2S/c1-12-5-3-8-16(13(12)2)20-10-9-19-15-7-4-6-14(11-15)17(18)21/h3-8,11H,9-10H2,1-2H3,(H2,18,21). The number of ether oxygens (including phenoxy) is 2. The van der Waals surface area contributed by atoms with Gasteiger partial charge in [0.15, 0.2) is 0 Å². The zero-order valence-corrected chi connectivity index (χ0v) is 13.1. The van der Waals surface area contributed by atoms with Gasteiger partial charge in [0.1, 0.15) is 29.7 Å².